The summed E-state index contributed by atoms with van der Waals surface area (Å²) in [5.41, 5.74) is 6.71. The molecule has 0 unspecified atom stereocenters. The Bertz CT molecular complexity index is 581. The average molecular weight is 219 g/mol. The Balaban J connectivity index is 2.51. The lowest BCUT2D eigenvalue weighted by Crippen LogP contribution is -1.88. The van der Waals surface area contributed by atoms with Gasteiger partial charge in [0.05, 0.1) is 5.56 Å². The highest BCUT2D eigenvalue weighted by molar-refractivity contribution is 5.67. The number of nitrogens with one attached hydrogen (secondary N) is 1. The van der Waals surface area contributed by atoms with Gasteiger partial charge < -0.3 is 10.7 Å². The van der Waals surface area contributed by atoms with Crippen LogP contribution in [0, 0.1) is 23.0 Å². The summed E-state index contributed by atoms with van der Waals surface area (Å²) in [5, 5.41) is 8.69. The fourth-order valence-corrected chi connectivity index (χ4v) is 1.38. The Kier molecular flexibility index (Phi) is 2.33. The molecule has 0 amide bonds. The molecule has 3 N–H and O–H groups in total. The van der Waals surface area contributed by atoms with Crippen molar-refractivity contribution in [2.45, 2.75) is 0 Å². The van der Waals surface area contributed by atoms with Crippen molar-refractivity contribution in [2.75, 3.05) is 5.73 Å². The van der Waals surface area contributed by atoms with Gasteiger partial charge in [0.25, 0.3) is 0 Å². The average Bonchev–Trinajstić information content (AvgIpc) is 2.64. The molecule has 3 nitrogen and oxygen atoms in total. The molecule has 0 bridgehead atoms. The molecule has 0 aliphatic heterocycles. The summed E-state index contributed by atoms with van der Waals surface area (Å²) >= 11 is 0. The molecule has 16 heavy (non-hydrogen) atoms. The van der Waals surface area contributed by atoms with Crippen molar-refractivity contribution < 1.29 is 8.78 Å². The third kappa shape index (κ3) is 1.61. The molecule has 0 atom stereocenters. The van der Waals surface area contributed by atoms with E-state index in [1.165, 1.54) is 12.1 Å². The number of aromatic nitrogens is 1. The van der Waals surface area contributed by atoms with Gasteiger partial charge in [0.1, 0.15) is 11.9 Å². The number of nitriles is 1. The molecule has 5 heteroatoms. The monoisotopic (exact) mass is 219 g/mol. The number of rotatable bonds is 1. The van der Waals surface area contributed by atoms with E-state index in [9.17, 15) is 8.78 Å². The molecular weight excluding hydrogens is 212 g/mol. The minimum atomic E-state index is -0.941. The molecule has 0 spiro atoms. The third-order valence-electron chi connectivity index (χ3n) is 2.20. The van der Waals surface area contributed by atoms with Gasteiger partial charge in [-0.25, -0.2) is 8.78 Å². The van der Waals surface area contributed by atoms with Crippen LogP contribution in [0.1, 0.15) is 5.56 Å². The zero-order chi connectivity index (χ0) is 11.7. The fraction of sp³-hybridized carbons (Fsp3) is 0. The lowest BCUT2D eigenvalue weighted by Gasteiger charge is -1.98. The first-order valence-electron chi connectivity index (χ1n) is 4.46. The molecule has 1 aromatic heterocycles. The zero-order valence-electron chi connectivity index (χ0n) is 8.09. The number of halogens is 2. The van der Waals surface area contributed by atoms with Gasteiger partial charge in [-0.05, 0) is 24.3 Å². The molecule has 80 valence electrons. The number of hydrogen-bond donors (Lipinski definition) is 2. The first kappa shape index (κ1) is 10.2. The van der Waals surface area contributed by atoms with E-state index in [4.69, 9.17) is 11.0 Å². The van der Waals surface area contributed by atoms with Gasteiger partial charge in [-0.1, -0.05) is 0 Å². The number of aromatic amines is 1. The van der Waals surface area contributed by atoms with Crippen molar-refractivity contribution in [3.8, 4) is 17.3 Å². The normalized spacial score (nSPS) is 10.1. The van der Waals surface area contributed by atoms with Crippen molar-refractivity contribution >= 4 is 5.82 Å². The number of nitrogens with two attached hydrogens (primary N) is 1. The Morgan fingerprint density at radius 1 is 1.19 bits per heavy atom. The maximum absolute atomic E-state index is 13.0. The number of anilines is 1. The minimum absolute atomic E-state index is 0.210. The van der Waals surface area contributed by atoms with E-state index < -0.39 is 11.6 Å². The van der Waals surface area contributed by atoms with E-state index in [2.05, 4.69) is 4.98 Å². The molecule has 1 heterocycles. The summed E-state index contributed by atoms with van der Waals surface area (Å²) in [6.45, 7) is 0. The molecule has 2 rings (SSSR count). The zero-order valence-corrected chi connectivity index (χ0v) is 8.09. The standard InChI is InChI=1S/C11H7F2N3/c12-8-2-1-6(3-9(8)13)10-4-7(5-14)11(15)16-10/h1-4,16H,15H2. The molecular formula is C11H7F2N3. The SMILES string of the molecule is N#Cc1cc(-c2ccc(F)c(F)c2)[nH]c1N. The number of nitrogens with zero attached hydrogens (tertiary/aromatic N) is 1. The van der Waals surface area contributed by atoms with Crippen molar-refractivity contribution in [3.05, 3.63) is 41.5 Å². The predicted octanol–water partition coefficient (Wildman–Crippen LogP) is 2.41. The van der Waals surface area contributed by atoms with Gasteiger partial charge in [-0.15, -0.1) is 0 Å². The Labute approximate surface area is 90.1 Å². The van der Waals surface area contributed by atoms with Crippen LogP contribution < -0.4 is 5.73 Å². The highest BCUT2D eigenvalue weighted by atomic mass is 19.2. The first-order valence-corrected chi connectivity index (χ1v) is 4.46. The Hall–Kier alpha value is -2.35. The van der Waals surface area contributed by atoms with Crippen LogP contribution in [0.3, 0.4) is 0 Å². The lowest BCUT2D eigenvalue weighted by atomic mass is 10.1. The maximum atomic E-state index is 13.0. The Morgan fingerprint density at radius 2 is 1.94 bits per heavy atom. The van der Waals surface area contributed by atoms with Crippen LogP contribution in [0.15, 0.2) is 24.3 Å². The molecule has 1 aromatic carbocycles. The quantitative estimate of drug-likeness (QED) is 0.773. The van der Waals surface area contributed by atoms with Gasteiger partial charge in [-0.3, -0.25) is 0 Å². The van der Waals surface area contributed by atoms with Gasteiger partial charge >= 0.3 is 0 Å². The van der Waals surface area contributed by atoms with Crippen molar-refractivity contribution in [3.63, 3.8) is 0 Å². The fourth-order valence-electron chi connectivity index (χ4n) is 1.38. The van der Waals surface area contributed by atoms with Gasteiger partial charge in [0, 0.05) is 11.3 Å². The second-order valence-electron chi connectivity index (χ2n) is 3.25. The van der Waals surface area contributed by atoms with E-state index in [-0.39, 0.29) is 11.4 Å². The van der Waals surface area contributed by atoms with Crippen LogP contribution in [-0.2, 0) is 0 Å². The van der Waals surface area contributed by atoms with E-state index in [0.717, 1.165) is 12.1 Å². The first-order chi connectivity index (χ1) is 7.61. The highest BCUT2D eigenvalue weighted by Gasteiger charge is 2.09. The summed E-state index contributed by atoms with van der Waals surface area (Å²) < 4.78 is 25.7. The molecule has 0 saturated carbocycles. The van der Waals surface area contributed by atoms with Crippen LogP contribution in [0.4, 0.5) is 14.6 Å². The van der Waals surface area contributed by atoms with E-state index >= 15 is 0 Å². The van der Waals surface area contributed by atoms with Crippen LogP contribution in [0.5, 0.6) is 0 Å². The Morgan fingerprint density at radius 3 is 2.50 bits per heavy atom. The second-order valence-corrected chi connectivity index (χ2v) is 3.25. The van der Waals surface area contributed by atoms with Gasteiger partial charge in [0.2, 0.25) is 0 Å². The molecule has 0 aliphatic carbocycles. The predicted molar refractivity (Wildman–Crippen MR) is 55.3 cm³/mol. The summed E-state index contributed by atoms with van der Waals surface area (Å²) in [4.78, 5) is 2.72. The minimum Gasteiger partial charge on any atom is -0.384 e. The summed E-state index contributed by atoms with van der Waals surface area (Å²) in [7, 11) is 0. The molecule has 0 aliphatic rings. The van der Waals surface area contributed by atoms with Crippen LogP contribution >= 0.6 is 0 Å². The smallest absolute Gasteiger partial charge is 0.159 e. The van der Waals surface area contributed by atoms with Crippen LogP contribution in [0.2, 0.25) is 0 Å². The third-order valence-corrected chi connectivity index (χ3v) is 2.20. The van der Waals surface area contributed by atoms with Gasteiger partial charge in [-0.2, -0.15) is 5.26 Å². The highest BCUT2D eigenvalue weighted by Crippen LogP contribution is 2.24. The van der Waals surface area contributed by atoms with Crippen molar-refractivity contribution in [1.29, 1.82) is 5.26 Å². The molecule has 0 radical (unpaired) electrons. The number of benzene rings is 1. The summed E-state index contributed by atoms with van der Waals surface area (Å²) in [6.07, 6.45) is 0. The summed E-state index contributed by atoms with van der Waals surface area (Å²) in [5.74, 6) is -1.64. The number of nitrogen functional groups attached to an aromatic ring is 1. The summed E-state index contributed by atoms with van der Waals surface area (Å²) in [6, 6.07) is 6.85. The molecule has 0 saturated heterocycles. The van der Waals surface area contributed by atoms with Crippen molar-refractivity contribution in [1.82, 2.24) is 4.98 Å². The lowest BCUT2D eigenvalue weighted by molar-refractivity contribution is 0.509. The number of hydrogen-bond acceptors (Lipinski definition) is 2. The second kappa shape index (κ2) is 3.66. The molecule has 0 fully saturated rings. The van der Waals surface area contributed by atoms with Gasteiger partial charge in [0.15, 0.2) is 11.6 Å². The van der Waals surface area contributed by atoms with E-state index in [1.807, 2.05) is 6.07 Å². The number of H-pyrrole nitrogens is 1. The van der Waals surface area contributed by atoms with Crippen LogP contribution in [-0.4, -0.2) is 4.98 Å². The van der Waals surface area contributed by atoms with E-state index in [1.54, 1.807) is 0 Å². The van der Waals surface area contributed by atoms with Crippen LogP contribution in [0.25, 0.3) is 11.3 Å². The maximum Gasteiger partial charge on any atom is 0.159 e. The topological polar surface area (TPSA) is 65.6 Å². The van der Waals surface area contributed by atoms with Crippen molar-refractivity contribution in [2.24, 2.45) is 0 Å². The van der Waals surface area contributed by atoms with E-state index in [0.29, 0.717) is 11.3 Å². The largest absolute Gasteiger partial charge is 0.384 e. The molecule has 2 aromatic rings.